The van der Waals surface area contributed by atoms with E-state index in [2.05, 4.69) is 150 Å². The summed E-state index contributed by atoms with van der Waals surface area (Å²) in [6.45, 7) is 0. The first kappa shape index (κ1) is 22.4. The van der Waals surface area contributed by atoms with Crippen molar-refractivity contribution in [3.63, 3.8) is 0 Å². The summed E-state index contributed by atoms with van der Waals surface area (Å²) in [4.78, 5) is 0. The fourth-order valence-electron chi connectivity index (χ4n) is 6.58. The molecule has 0 aliphatic rings. The maximum absolute atomic E-state index is 5.31. The number of pyridine rings is 1. The van der Waals surface area contributed by atoms with E-state index in [1.54, 1.807) is 0 Å². The van der Waals surface area contributed by atoms with Gasteiger partial charge in [0, 0.05) is 16.5 Å². The van der Waals surface area contributed by atoms with Crippen molar-refractivity contribution in [2.45, 2.75) is 0 Å². The maximum Gasteiger partial charge on any atom is 0.0940 e. The van der Waals surface area contributed by atoms with Gasteiger partial charge in [0.05, 0.1) is 16.9 Å². The average molecular weight is 521 g/mol. The number of hydrogen-bond donors (Lipinski definition) is 0. The van der Waals surface area contributed by atoms with Gasteiger partial charge in [-0.15, -0.1) is 0 Å². The molecule has 2 nitrogen and oxygen atoms in total. The molecule has 2 aromatic heterocycles. The van der Waals surface area contributed by atoms with Crippen LogP contribution >= 0.6 is 0 Å². The molecule has 0 atom stereocenters. The van der Waals surface area contributed by atoms with Gasteiger partial charge in [0.1, 0.15) is 0 Å². The van der Waals surface area contributed by atoms with Gasteiger partial charge in [0.25, 0.3) is 0 Å². The van der Waals surface area contributed by atoms with Crippen molar-refractivity contribution in [2.75, 3.05) is 0 Å². The Morgan fingerprint density at radius 1 is 0.415 bits per heavy atom. The molecule has 0 bridgehead atoms. The third kappa shape index (κ3) is 3.34. The molecule has 2 heterocycles. The summed E-state index contributed by atoms with van der Waals surface area (Å²) < 4.78 is 2.14. The van der Waals surface area contributed by atoms with E-state index in [0.29, 0.717) is 0 Å². The average Bonchev–Trinajstić information content (AvgIpc) is 3.49. The summed E-state index contributed by atoms with van der Waals surface area (Å²) in [6, 6.07) is 52.5. The molecule has 0 saturated heterocycles. The van der Waals surface area contributed by atoms with Crippen LogP contribution in [-0.2, 0) is 0 Å². The minimum Gasteiger partial charge on any atom is -0.232 e. The van der Waals surface area contributed by atoms with Crippen molar-refractivity contribution >= 4 is 48.6 Å². The van der Waals surface area contributed by atoms with Gasteiger partial charge in [-0.1, -0.05) is 127 Å². The highest BCUT2D eigenvalue weighted by Crippen LogP contribution is 2.40. The van der Waals surface area contributed by atoms with Crippen molar-refractivity contribution in [1.29, 1.82) is 0 Å². The largest absolute Gasteiger partial charge is 0.232 e. The Hall–Kier alpha value is -5.47. The first-order valence-electron chi connectivity index (χ1n) is 14.1. The van der Waals surface area contributed by atoms with Gasteiger partial charge < -0.3 is 0 Å². The van der Waals surface area contributed by atoms with Gasteiger partial charge in [0.15, 0.2) is 0 Å². The molecule has 0 aliphatic heterocycles. The third-order valence-electron chi connectivity index (χ3n) is 8.54. The van der Waals surface area contributed by atoms with E-state index in [1.807, 2.05) is 0 Å². The second-order valence-corrected chi connectivity index (χ2v) is 10.9. The van der Waals surface area contributed by atoms with E-state index in [0.717, 1.165) is 28.0 Å². The van der Waals surface area contributed by atoms with Crippen LogP contribution in [0, 0.1) is 0 Å². The lowest BCUT2D eigenvalue weighted by molar-refractivity contribution is 0.980. The lowest BCUT2D eigenvalue weighted by atomic mass is 9.91. The molecule has 190 valence electrons. The fraction of sp³-hybridized carbons (Fsp3) is 0. The van der Waals surface area contributed by atoms with E-state index in [9.17, 15) is 0 Å². The van der Waals surface area contributed by atoms with Gasteiger partial charge in [-0.25, -0.2) is 4.52 Å². The quantitative estimate of drug-likeness (QED) is 0.212. The van der Waals surface area contributed by atoms with Gasteiger partial charge in [-0.05, 0) is 67.0 Å². The molecule has 0 spiro atoms. The summed E-state index contributed by atoms with van der Waals surface area (Å²) in [5.41, 5.74) is 7.91. The molecule has 0 fully saturated rings. The Balaban J connectivity index is 1.36. The second kappa shape index (κ2) is 8.51. The lowest BCUT2D eigenvalue weighted by Gasteiger charge is -2.13. The van der Waals surface area contributed by atoms with E-state index in [-0.39, 0.29) is 0 Å². The van der Waals surface area contributed by atoms with Gasteiger partial charge >= 0.3 is 0 Å². The molecule has 41 heavy (non-hydrogen) atoms. The molecule has 2 heteroatoms. The summed E-state index contributed by atoms with van der Waals surface area (Å²) in [5, 5.41) is 15.4. The fourth-order valence-corrected chi connectivity index (χ4v) is 6.58. The number of fused-ring (bicyclic) bond motifs is 3. The topological polar surface area (TPSA) is 17.3 Å². The molecule has 0 amide bonds. The van der Waals surface area contributed by atoms with Gasteiger partial charge in [0.2, 0.25) is 0 Å². The van der Waals surface area contributed by atoms with Gasteiger partial charge in [-0.2, -0.15) is 5.10 Å². The summed E-state index contributed by atoms with van der Waals surface area (Å²) >= 11 is 0. The van der Waals surface area contributed by atoms with Crippen LogP contribution in [0.4, 0.5) is 0 Å². The molecule has 0 N–H and O–H groups in total. The zero-order valence-corrected chi connectivity index (χ0v) is 22.3. The van der Waals surface area contributed by atoms with Crippen molar-refractivity contribution in [3.05, 3.63) is 146 Å². The summed E-state index contributed by atoms with van der Waals surface area (Å²) in [5.74, 6) is 0. The number of nitrogens with zero attached hydrogens (tertiary/aromatic N) is 2. The molecule has 9 rings (SSSR count). The molecule has 0 unspecified atom stereocenters. The van der Waals surface area contributed by atoms with E-state index < -0.39 is 0 Å². The second-order valence-electron chi connectivity index (χ2n) is 10.9. The van der Waals surface area contributed by atoms with Crippen LogP contribution in [0.1, 0.15) is 0 Å². The van der Waals surface area contributed by atoms with Crippen molar-refractivity contribution < 1.29 is 0 Å². The number of hydrogen-bond acceptors (Lipinski definition) is 1. The molecule has 7 aromatic carbocycles. The number of benzene rings is 7. The Morgan fingerprint density at radius 3 is 1.85 bits per heavy atom. The van der Waals surface area contributed by atoms with E-state index in [1.165, 1.54) is 54.2 Å². The third-order valence-corrected chi connectivity index (χ3v) is 8.54. The SMILES string of the molecule is c1ccc(-c2ccc3cc(-c4ccccc4)n4nc(-c5ccc6ccc7cccc8ccc5c6c78)cc4c3c2)cc1. The highest BCUT2D eigenvalue weighted by Gasteiger charge is 2.17. The zero-order chi connectivity index (χ0) is 26.9. The Bertz CT molecular complexity index is 2380. The number of aromatic nitrogens is 2. The van der Waals surface area contributed by atoms with Crippen molar-refractivity contribution in [2.24, 2.45) is 0 Å². The smallest absolute Gasteiger partial charge is 0.0940 e. The van der Waals surface area contributed by atoms with Crippen LogP contribution in [0.25, 0.3) is 82.2 Å². The van der Waals surface area contributed by atoms with Crippen molar-refractivity contribution in [1.82, 2.24) is 9.61 Å². The van der Waals surface area contributed by atoms with E-state index in [4.69, 9.17) is 5.10 Å². The Morgan fingerprint density at radius 2 is 1.07 bits per heavy atom. The minimum atomic E-state index is 0.984. The van der Waals surface area contributed by atoms with Crippen LogP contribution < -0.4 is 0 Å². The Kier molecular flexibility index (Phi) is 4.64. The molecule has 0 saturated carbocycles. The lowest BCUT2D eigenvalue weighted by Crippen LogP contribution is -1.96. The summed E-state index contributed by atoms with van der Waals surface area (Å²) in [6.07, 6.45) is 0. The predicted molar refractivity (Wildman–Crippen MR) is 173 cm³/mol. The van der Waals surface area contributed by atoms with Crippen LogP contribution in [0.3, 0.4) is 0 Å². The first-order chi connectivity index (χ1) is 20.3. The normalized spacial score (nSPS) is 11.9. The van der Waals surface area contributed by atoms with Crippen LogP contribution in [0.15, 0.2) is 146 Å². The minimum absolute atomic E-state index is 0.984. The molecule has 0 radical (unpaired) electrons. The first-order valence-corrected chi connectivity index (χ1v) is 14.1. The van der Waals surface area contributed by atoms with Crippen LogP contribution in [0.2, 0.25) is 0 Å². The highest BCUT2D eigenvalue weighted by atomic mass is 15.2. The van der Waals surface area contributed by atoms with Crippen LogP contribution in [-0.4, -0.2) is 9.61 Å². The summed E-state index contributed by atoms with van der Waals surface area (Å²) in [7, 11) is 0. The molecule has 0 aliphatic carbocycles. The predicted octanol–water partition coefficient (Wildman–Crippen LogP) is 10.4. The van der Waals surface area contributed by atoms with Crippen LogP contribution in [0.5, 0.6) is 0 Å². The van der Waals surface area contributed by atoms with Gasteiger partial charge in [-0.3, -0.25) is 0 Å². The monoisotopic (exact) mass is 520 g/mol. The maximum atomic E-state index is 5.31. The molecular weight excluding hydrogens is 496 g/mol. The Labute approximate surface area is 237 Å². The molecule has 9 aromatic rings. The zero-order valence-electron chi connectivity index (χ0n) is 22.3. The highest BCUT2D eigenvalue weighted by molar-refractivity contribution is 6.25. The standard InChI is InChI=1S/C39H24N2/c1-3-8-25(9-4-1)30-16-17-31-23-36(26-10-5-2-6-11-26)41-37(34(31)22-30)24-35(40-41)32-20-18-29-15-14-27-12-7-13-28-19-21-33(32)39(29)38(27)28/h1-24H. The number of rotatable bonds is 3. The molecular formula is C39H24N2. The van der Waals surface area contributed by atoms with Crippen molar-refractivity contribution in [3.8, 4) is 33.6 Å². The van der Waals surface area contributed by atoms with E-state index >= 15 is 0 Å².